The van der Waals surface area contributed by atoms with Crippen molar-refractivity contribution in [3.63, 3.8) is 0 Å². The lowest BCUT2D eigenvalue weighted by molar-refractivity contribution is -0.153. The third kappa shape index (κ3) is 6.49. The number of carbonyl (C=O) groups excluding carboxylic acids is 1. The molecule has 1 atom stereocenters. The number of nitrogens with one attached hydrogen (secondary N) is 1. The van der Waals surface area contributed by atoms with Gasteiger partial charge in [0.2, 0.25) is 5.88 Å². The number of alkyl halides is 5. The average Bonchev–Trinajstić information content (AvgIpc) is 3.14. The molecular weight excluding hydrogens is 493 g/mol. The summed E-state index contributed by atoms with van der Waals surface area (Å²) in [5, 5.41) is 15.2. The Kier molecular flexibility index (Phi) is 7.80. The van der Waals surface area contributed by atoms with E-state index in [-0.39, 0.29) is 22.9 Å². The molecule has 13 heteroatoms. The molecule has 3 aromatic rings. The Bertz CT molecular complexity index is 1240. The summed E-state index contributed by atoms with van der Waals surface area (Å²) in [4.78, 5) is 24.0. The zero-order chi connectivity index (χ0) is 26.6. The van der Waals surface area contributed by atoms with Crippen molar-refractivity contribution in [3.05, 3.63) is 70.9 Å². The van der Waals surface area contributed by atoms with Crippen LogP contribution in [0, 0.1) is 0 Å². The number of benzene rings is 2. The second kappa shape index (κ2) is 10.6. The summed E-state index contributed by atoms with van der Waals surface area (Å²) in [6.45, 7) is 0.0186. The van der Waals surface area contributed by atoms with Crippen molar-refractivity contribution in [2.24, 2.45) is 7.05 Å². The molecule has 1 aromatic heterocycles. The number of aromatic carboxylic acids is 1. The number of hydrogen-bond donors (Lipinski definition) is 2. The maximum Gasteiger partial charge on any atom is 0.422 e. The Morgan fingerprint density at radius 2 is 1.75 bits per heavy atom. The van der Waals surface area contributed by atoms with Crippen LogP contribution in [0.5, 0.6) is 17.4 Å². The molecule has 8 nitrogen and oxygen atoms in total. The first-order valence-corrected chi connectivity index (χ1v) is 10.3. The van der Waals surface area contributed by atoms with Crippen LogP contribution >= 0.6 is 0 Å². The first kappa shape index (κ1) is 26.4. The van der Waals surface area contributed by atoms with Gasteiger partial charge in [0.15, 0.2) is 6.61 Å². The zero-order valence-electron chi connectivity index (χ0n) is 18.8. The lowest BCUT2D eigenvalue weighted by atomic mass is 10.1. The topological polar surface area (TPSA) is 103 Å². The number of carbonyl (C=O) groups is 2. The smallest absolute Gasteiger partial charge is 0.422 e. The second-order valence-electron chi connectivity index (χ2n) is 7.59. The fourth-order valence-electron chi connectivity index (χ4n) is 3.18. The summed E-state index contributed by atoms with van der Waals surface area (Å²) in [5.41, 5.74) is -0.888. The van der Waals surface area contributed by atoms with E-state index >= 15 is 0 Å². The van der Waals surface area contributed by atoms with E-state index in [2.05, 4.69) is 15.2 Å². The summed E-state index contributed by atoms with van der Waals surface area (Å²) < 4.78 is 75.8. The van der Waals surface area contributed by atoms with Crippen LogP contribution in [0.2, 0.25) is 0 Å². The minimum atomic E-state index is -4.57. The molecule has 0 spiro atoms. The van der Waals surface area contributed by atoms with Gasteiger partial charge in [-0.05, 0) is 36.8 Å². The maximum absolute atomic E-state index is 13.7. The van der Waals surface area contributed by atoms with Gasteiger partial charge in [-0.3, -0.25) is 4.79 Å². The number of ether oxygens (including phenoxy) is 2. The van der Waals surface area contributed by atoms with E-state index in [9.17, 15) is 31.5 Å². The van der Waals surface area contributed by atoms with E-state index in [4.69, 9.17) is 9.84 Å². The van der Waals surface area contributed by atoms with Gasteiger partial charge in [-0.15, -0.1) is 0 Å². The molecule has 3 rings (SSSR count). The number of halogens is 5. The summed E-state index contributed by atoms with van der Waals surface area (Å²) in [6.07, 6.45) is -7.71. The van der Waals surface area contributed by atoms with Crippen LogP contribution < -0.4 is 14.8 Å². The predicted molar refractivity (Wildman–Crippen MR) is 116 cm³/mol. The molecule has 2 aromatic carbocycles. The molecule has 0 bridgehead atoms. The lowest BCUT2D eigenvalue weighted by Gasteiger charge is -2.16. The number of aromatic nitrogens is 2. The van der Waals surface area contributed by atoms with Crippen molar-refractivity contribution in [1.82, 2.24) is 15.1 Å². The number of aryl methyl sites for hydroxylation is 1. The molecule has 0 fully saturated rings. The fourth-order valence-corrected chi connectivity index (χ4v) is 3.18. The molecule has 0 aliphatic heterocycles. The normalized spacial score (nSPS) is 12.3. The summed E-state index contributed by atoms with van der Waals surface area (Å²) in [5.74, 6) is -2.72. The fraction of sp³-hybridized carbons (Fsp3) is 0.261. The number of carboxylic acids is 1. The van der Waals surface area contributed by atoms with Crippen LogP contribution in [0.25, 0.3) is 0 Å². The van der Waals surface area contributed by atoms with Crippen LogP contribution in [-0.2, 0) is 7.05 Å². The van der Waals surface area contributed by atoms with Crippen LogP contribution in [0.4, 0.5) is 22.0 Å². The molecule has 0 aliphatic rings. The standard InChI is InChI=1S/C23H20F5N3O5/c1-12(13-6-8-14(9-7-13)22(33)34)29-20(32)17-18(19(24)25)30-31(2)21(17)36-16-5-3-4-15(10-16)35-11-23(26,27)28/h3-10,12,19H,11H2,1-2H3,(H,29,32)(H,33,34)/t12-/m0/s1. The highest BCUT2D eigenvalue weighted by atomic mass is 19.4. The zero-order valence-corrected chi connectivity index (χ0v) is 18.8. The van der Waals surface area contributed by atoms with Crippen LogP contribution in [0.3, 0.4) is 0 Å². The van der Waals surface area contributed by atoms with Crippen molar-refractivity contribution in [2.75, 3.05) is 6.61 Å². The molecule has 192 valence electrons. The highest BCUT2D eigenvalue weighted by molar-refractivity contribution is 5.98. The summed E-state index contributed by atoms with van der Waals surface area (Å²) >= 11 is 0. The van der Waals surface area contributed by atoms with E-state index < -0.39 is 48.4 Å². The van der Waals surface area contributed by atoms with Gasteiger partial charge in [-0.25, -0.2) is 18.3 Å². The van der Waals surface area contributed by atoms with Crippen LogP contribution in [0.15, 0.2) is 48.5 Å². The monoisotopic (exact) mass is 513 g/mol. The van der Waals surface area contributed by atoms with Crippen molar-refractivity contribution in [3.8, 4) is 17.4 Å². The predicted octanol–water partition coefficient (Wildman–Crippen LogP) is 5.28. The third-order valence-electron chi connectivity index (χ3n) is 4.88. The number of amides is 1. The average molecular weight is 513 g/mol. The number of nitrogens with zero attached hydrogens (tertiary/aromatic N) is 2. The Labute approximate surface area is 201 Å². The Hall–Kier alpha value is -4.16. The van der Waals surface area contributed by atoms with Gasteiger partial charge in [0.05, 0.1) is 11.6 Å². The maximum atomic E-state index is 13.7. The number of hydrogen-bond acceptors (Lipinski definition) is 5. The van der Waals surface area contributed by atoms with E-state index in [0.29, 0.717) is 5.56 Å². The Morgan fingerprint density at radius 3 is 2.33 bits per heavy atom. The molecule has 2 N–H and O–H groups in total. The van der Waals surface area contributed by atoms with Crippen molar-refractivity contribution in [2.45, 2.75) is 25.6 Å². The molecule has 36 heavy (non-hydrogen) atoms. The molecular formula is C23H20F5N3O5. The lowest BCUT2D eigenvalue weighted by Crippen LogP contribution is -2.27. The van der Waals surface area contributed by atoms with Crippen molar-refractivity contribution in [1.29, 1.82) is 0 Å². The minimum absolute atomic E-state index is 0.0293. The minimum Gasteiger partial charge on any atom is -0.484 e. The molecule has 1 heterocycles. The van der Waals surface area contributed by atoms with Gasteiger partial charge in [0.1, 0.15) is 22.8 Å². The number of rotatable bonds is 9. The molecule has 0 saturated heterocycles. The van der Waals surface area contributed by atoms with Crippen LogP contribution in [-0.4, -0.2) is 39.5 Å². The third-order valence-corrected chi connectivity index (χ3v) is 4.88. The quantitative estimate of drug-likeness (QED) is 0.378. The molecule has 0 unspecified atom stereocenters. The molecule has 1 amide bonds. The van der Waals surface area contributed by atoms with Gasteiger partial charge in [-0.1, -0.05) is 18.2 Å². The first-order valence-electron chi connectivity index (χ1n) is 10.3. The summed E-state index contributed by atoms with van der Waals surface area (Å²) in [6, 6.07) is 9.91. The first-order chi connectivity index (χ1) is 16.9. The Morgan fingerprint density at radius 1 is 1.11 bits per heavy atom. The van der Waals surface area contributed by atoms with Gasteiger partial charge < -0.3 is 19.9 Å². The second-order valence-corrected chi connectivity index (χ2v) is 7.59. The summed E-state index contributed by atoms with van der Waals surface area (Å²) in [7, 11) is 1.26. The Balaban J connectivity index is 1.86. The number of carboxylic acid groups (broad SMARTS) is 1. The van der Waals surface area contributed by atoms with Crippen molar-refractivity contribution >= 4 is 11.9 Å². The van der Waals surface area contributed by atoms with Gasteiger partial charge >= 0.3 is 12.1 Å². The van der Waals surface area contributed by atoms with E-state index in [1.807, 2.05) is 0 Å². The van der Waals surface area contributed by atoms with E-state index in [1.54, 1.807) is 6.92 Å². The van der Waals surface area contributed by atoms with Gasteiger partial charge in [-0.2, -0.15) is 18.3 Å². The largest absolute Gasteiger partial charge is 0.484 e. The van der Waals surface area contributed by atoms with Crippen molar-refractivity contribution < 1.29 is 46.1 Å². The van der Waals surface area contributed by atoms with E-state index in [1.165, 1.54) is 49.5 Å². The van der Waals surface area contributed by atoms with Crippen LogP contribution in [0.1, 0.15) is 51.4 Å². The molecule has 0 radical (unpaired) electrons. The van der Waals surface area contributed by atoms with Gasteiger partial charge in [0, 0.05) is 13.1 Å². The SMILES string of the molecule is C[C@H](NC(=O)c1c(C(F)F)nn(C)c1Oc1cccc(OCC(F)(F)F)c1)c1ccc(C(=O)O)cc1. The van der Waals surface area contributed by atoms with E-state index in [0.717, 1.165) is 10.7 Å². The molecule has 0 saturated carbocycles. The molecule has 0 aliphatic carbocycles. The van der Waals surface area contributed by atoms with Gasteiger partial charge in [0.25, 0.3) is 12.3 Å². The highest BCUT2D eigenvalue weighted by Gasteiger charge is 2.31. The highest BCUT2D eigenvalue weighted by Crippen LogP contribution is 2.34.